The van der Waals surface area contributed by atoms with Gasteiger partial charge in [0.2, 0.25) is 0 Å². The second-order valence-electron chi connectivity index (χ2n) is 9.90. The predicted octanol–water partition coefficient (Wildman–Crippen LogP) is 8.21. The molecular weight excluding hydrogens is 490 g/mol. The van der Waals surface area contributed by atoms with Crippen molar-refractivity contribution in [2.24, 2.45) is 0 Å². The summed E-state index contributed by atoms with van der Waals surface area (Å²) in [5.41, 5.74) is 8.53. The van der Waals surface area contributed by atoms with Crippen molar-refractivity contribution in [1.29, 1.82) is 5.26 Å². The highest BCUT2D eigenvalue weighted by Gasteiger charge is 2.16. The van der Waals surface area contributed by atoms with Crippen LogP contribution in [0.4, 0.5) is 0 Å². The first-order chi connectivity index (χ1) is 19.8. The van der Waals surface area contributed by atoms with Crippen molar-refractivity contribution in [2.75, 3.05) is 0 Å². The molecule has 0 saturated heterocycles. The summed E-state index contributed by atoms with van der Waals surface area (Å²) >= 11 is 0. The van der Waals surface area contributed by atoms with Crippen LogP contribution in [0.1, 0.15) is 5.56 Å². The van der Waals surface area contributed by atoms with Crippen LogP contribution in [0.25, 0.3) is 66.2 Å². The number of aromatic nitrogens is 4. The van der Waals surface area contributed by atoms with E-state index < -0.39 is 0 Å². The molecule has 0 aliphatic carbocycles. The zero-order chi connectivity index (χ0) is 26.6. The van der Waals surface area contributed by atoms with Gasteiger partial charge in [0.15, 0.2) is 0 Å². The Morgan fingerprint density at radius 2 is 1.12 bits per heavy atom. The van der Waals surface area contributed by atoms with Crippen LogP contribution in [-0.4, -0.2) is 19.1 Å². The number of fused-ring (bicyclic) bond motifs is 6. The SMILES string of the molecule is N#Cc1ccc(-n2c3ccccc3c3cc(-c4ccc5c(c4)c4ccccc4n5-c4ccncn4)ccc32)cc1. The molecule has 5 nitrogen and oxygen atoms in total. The number of benzene rings is 5. The van der Waals surface area contributed by atoms with Crippen molar-refractivity contribution in [3.63, 3.8) is 0 Å². The highest BCUT2D eigenvalue weighted by Crippen LogP contribution is 2.37. The molecule has 0 aliphatic heterocycles. The highest BCUT2D eigenvalue weighted by molar-refractivity contribution is 6.12. The summed E-state index contributed by atoms with van der Waals surface area (Å²) in [6, 6.07) is 42.3. The van der Waals surface area contributed by atoms with Gasteiger partial charge in [-0.05, 0) is 77.9 Å². The fraction of sp³-hybridized carbons (Fsp3) is 0. The molecule has 0 N–H and O–H groups in total. The van der Waals surface area contributed by atoms with Crippen LogP contribution in [-0.2, 0) is 0 Å². The summed E-state index contributed by atoms with van der Waals surface area (Å²) in [5.74, 6) is 0.853. The monoisotopic (exact) mass is 511 g/mol. The lowest BCUT2D eigenvalue weighted by molar-refractivity contribution is 1.04. The molecule has 3 heterocycles. The lowest BCUT2D eigenvalue weighted by Gasteiger charge is -2.09. The Balaban J connectivity index is 1.34. The third kappa shape index (κ3) is 3.27. The molecule has 0 radical (unpaired) electrons. The lowest BCUT2D eigenvalue weighted by atomic mass is 10.0. The van der Waals surface area contributed by atoms with Crippen LogP contribution in [0.3, 0.4) is 0 Å². The maximum Gasteiger partial charge on any atom is 0.140 e. The van der Waals surface area contributed by atoms with E-state index in [-0.39, 0.29) is 0 Å². The van der Waals surface area contributed by atoms with E-state index in [1.54, 1.807) is 12.5 Å². The summed E-state index contributed by atoms with van der Waals surface area (Å²) in [5, 5.41) is 14.0. The normalized spacial score (nSPS) is 11.5. The molecule has 5 heteroatoms. The minimum atomic E-state index is 0.656. The van der Waals surface area contributed by atoms with E-state index in [1.807, 2.05) is 30.3 Å². The van der Waals surface area contributed by atoms with E-state index in [9.17, 15) is 5.26 Å². The van der Waals surface area contributed by atoms with Gasteiger partial charge in [0.25, 0.3) is 0 Å². The fourth-order valence-corrected chi connectivity index (χ4v) is 5.93. The van der Waals surface area contributed by atoms with Crippen molar-refractivity contribution in [3.05, 3.63) is 133 Å². The number of nitrogens with zero attached hydrogens (tertiary/aromatic N) is 5. The van der Waals surface area contributed by atoms with Crippen molar-refractivity contribution < 1.29 is 0 Å². The van der Waals surface area contributed by atoms with Crippen LogP contribution in [0.2, 0.25) is 0 Å². The van der Waals surface area contributed by atoms with E-state index in [0.29, 0.717) is 5.56 Å². The van der Waals surface area contributed by atoms with Crippen molar-refractivity contribution >= 4 is 43.6 Å². The average molecular weight is 512 g/mol. The van der Waals surface area contributed by atoms with Gasteiger partial charge in [0.05, 0.1) is 33.7 Å². The average Bonchev–Trinajstić information content (AvgIpc) is 3.54. The van der Waals surface area contributed by atoms with Crippen LogP contribution in [0.15, 0.2) is 128 Å². The first kappa shape index (κ1) is 22.3. The summed E-state index contributed by atoms with van der Waals surface area (Å²) < 4.78 is 4.47. The van der Waals surface area contributed by atoms with E-state index in [4.69, 9.17) is 0 Å². The van der Waals surface area contributed by atoms with E-state index >= 15 is 0 Å². The molecule has 3 aromatic heterocycles. The van der Waals surface area contributed by atoms with Crippen molar-refractivity contribution in [1.82, 2.24) is 19.1 Å². The Morgan fingerprint density at radius 1 is 0.550 bits per heavy atom. The maximum atomic E-state index is 9.26. The van der Waals surface area contributed by atoms with Gasteiger partial charge < -0.3 is 4.57 Å². The quantitative estimate of drug-likeness (QED) is 0.240. The van der Waals surface area contributed by atoms with E-state index in [2.05, 4.69) is 110 Å². The lowest BCUT2D eigenvalue weighted by Crippen LogP contribution is -1.96. The maximum absolute atomic E-state index is 9.26. The van der Waals surface area contributed by atoms with Gasteiger partial charge in [-0.3, -0.25) is 4.57 Å². The molecule has 0 unspecified atom stereocenters. The molecule has 8 rings (SSSR count). The van der Waals surface area contributed by atoms with Crippen LogP contribution in [0.5, 0.6) is 0 Å². The molecule has 0 spiro atoms. The third-order valence-electron chi connectivity index (χ3n) is 7.73. The van der Waals surface area contributed by atoms with E-state index in [0.717, 1.165) is 44.7 Å². The van der Waals surface area contributed by atoms with E-state index in [1.165, 1.54) is 21.5 Å². The molecular formula is C35H21N5. The zero-order valence-electron chi connectivity index (χ0n) is 21.4. The smallest absolute Gasteiger partial charge is 0.140 e. The molecule has 186 valence electrons. The number of para-hydroxylation sites is 2. The Hall–Kier alpha value is -5.73. The Kier molecular flexibility index (Phi) is 4.82. The topological polar surface area (TPSA) is 59.4 Å². The Bertz CT molecular complexity index is 2270. The largest absolute Gasteiger partial charge is 0.309 e. The number of rotatable bonds is 3. The number of nitriles is 1. The molecule has 8 aromatic rings. The molecule has 0 saturated carbocycles. The second kappa shape index (κ2) is 8.65. The highest BCUT2D eigenvalue weighted by atomic mass is 15.1. The second-order valence-corrected chi connectivity index (χ2v) is 9.90. The molecule has 5 aromatic carbocycles. The van der Waals surface area contributed by atoms with Crippen LogP contribution in [0, 0.1) is 11.3 Å². The van der Waals surface area contributed by atoms with Gasteiger partial charge in [-0.15, -0.1) is 0 Å². The molecule has 0 fully saturated rings. The van der Waals surface area contributed by atoms with Gasteiger partial charge in [-0.25, -0.2) is 9.97 Å². The van der Waals surface area contributed by atoms with Gasteiger partial charge in [-0.2, -0.15) is 5.26 Å². The zero-order valence-corrected chi connectivity index (χ0v) is 21.4. The summed E-state index contributed by atoms with van der Waals surface area (Å²) in [6.45, 7) is 0. The Labute approximate surface area is 229 Å². The standard InChI is InChI=1S/C35H21N5/c36-21-23-9-13-26(14-10-23)39-31-7-3-1-5-27(31)29-19-24(11-15-33(29)39)25-12-16-34-30(20-25)28-6-2-4-8-32(28)40(34)35-17-18-37-22-38-35/h1-20,22H. The minimum absolute atomic E-state index is 0.656. The third-order valence-corrected chi connectivity index (χ3v) is 7.73. The van der Waals surface area contributed by atoms with Crippen molar-refractivity contribution in [3.8, 4) is 28.7 Å². The summed E-state index contributed by atoms with van der Waals surface area (Å²) in [4.78, 5) is 8.64. The first-order valence-corrected chi connectivity index (χ1v) is 13.1. The summed E-state index contributed by atoms with van der Waals surface area (Å²) in [6.07, 6.45) is 3.37. The van der Waals surface area contributed by atoms with Gasteiger partial charge in [0.1, 0.15) is 12.1 Å². The molecule has 0 aliphatic rings. The number of hydrogen-bond donors (Lipinski definition) is 0. The molecule has 0 bridgehead atoms. The predicted molar refractivity (Wildman–Crippen MR) is 161 cm³/mol. The molecule has 0 amide bonds. The van der Waals surface area contributed by atoms with Crippen molar-refractivity contribution in [2.45, 2.75) is 0 Å². The Morgan fingerprint density at radius 3 is 1.73 bits per heavy atom. The summed E-state index contributed by atoms with van der Waals surface area (Å²) in [7, 11) is 0. The molecule has 0 atom stereocenters. The minimum Gasteiger partial charge on any atom is -0.309 e. The fourth-order valence-electron chi connectivity index (χ4n) is 5.93. The van der Waals surface area contributed by atoms with Gasteiger partial charge in [-0.1, -0.05) is 48.5 Å². The van der Waals surface area contributed by atoms with Crippen LogP contribution < -0.4 is 0 Å². The first-order valence-electron chi connectivity index (χ1n) is 13.1. The number of hydrogen-bond acceptors (Lipinski definition) is 3. The molecule has 40 heavy (non-hydrogen) atoms. The van der Waals surface area contributed by atoms with Gasteiger partial charge in [0, 0.05) is 33.4 Å². The van der Waals surface area contributed by atoms with Gasteiger partial charge >= 0.3 is 0 Å². The van der Waals surface area contributed by atoms with Crippen LogP contribution >= 0.6 is 0 Å².